The van der Waals surface area contributed by atoms with Crippen LogP contribution in [0.3, 0.4) is 0 Å². The van der Waals surface area contributed by atoms with Crippen LogP contribution in [0.15, 0.2) is 35.4 Å². The van der Waals surface area contributed by atoms with Gasteiger partial charge in [-0.2, -0.15) is 0 Å². The van der Waals surface area contributed by atoms with Crippen molar-refractivity contribution in [3.63, 3.8) is 0 Å². The van der Waals surface area contributed by atoms with Crippen molar-refractivity contribution in [3.8, 4) is 0 Å². The molecule has 35 heavy (non-hydrogen) atoms. The maximum absolute atomic E-state index is 12.4. The Morgan fingerprint density at radius 3 is 2.46 bits per heavy atom. The number of rotatable bonds is 9. The first-order valence-corrected chi connectivity index (χ1v) is 12.4. The summed E-state index contributed by atoms with van der Waals surface area (Å²) in [6.07, 6.45) is 5.25. The van der Waals surface area contributed by atoms with Crippen LogP contribution in [0.4, 0.5) is 9.59 Å². The number of carbonyl (C=O) groups excluding carboxylic acids is 4. The number of nitrogens with one attached hydrogen (secondary N) is 3. The Kier molecular flexibility index (Phi) is 9.34. The number of nitrogens with zero attached hydrogens (tertiary/aromatic N) is 1. The molecule has 0 atom stereocenters. The molecule has 0 spiro atoms. The fourth-order valence-electron chi connectivity index (χ4n) is 4.64. The van der Waals surface area contributed by atoms with Crippen molar-refractivity contribution in [1.82, 2.24) is 20.8 Å². The van der Waals surface area contributed by atoms with Crippen LogP contribution in [0.25, 0.3) is 0 Å². The molecule has 1 aromatic rings. The summed E-state index contributed by atoms with van der Waals surface area (Å²) in [7, 11) is -0.895. The summed E-state index contributed by atoms with van der Waals surface area (Å²) < 4.78 is 5.10. The van der Waals surface area contributed by atoms with Crippen molar-refractivity contribution in [1.29, 1.82) is 0 Å². The van der Waals surface area contributed by atoms with E-state index in [-0.39, 0.29) is 18.0 Å². The fourth-order valence-corrected chi connectivity index (χ4v) is 4.64. The number of urea groups is 2. The summed E-state index contributed by atoms with van der Waals surface area (Å²) >= 11 is 0. The van der Waals surface area contributed by atoms with Gasteiger partial charge in [-0.05, 0) is 68.0 Å². The van der Waals surface area contributed by atoms with Crippen LogP contribution >= 0.6 is 0 Å². The SMILES string of the molecule is CCC1=C(C)CN(C(=O)NCCc2ccc(B(NC(=O)NC3CCC(C)CC3)OC=O)cc2)C1=O. The van der Waals surface area contributed by atoms with Gasteiger partial charge in [0.1, 0.15) is 0 Å². The van der Waals surface area contributed by atoms with Crippen LogP contribution in [0.1, 0.15) is 58.4 Å². The molecule has 1 aliphatic carbocycles. The van der Waals surface area contributed by atoms with Crippen molar-refractivity contribution >= 4 is 37.0 Å². The molecule has 0 radical (unpaired) electrons. The minimum atomic E-state index is -0.895. The van der Waals surface area contributed by atoms with E-state index in [2.05, 4.69) is 22.8 Å². The molecular formula is C25H35BN4O5. The van der Waals surface area contributed by atoms with E-state index in [1.165, 1.54) is 4.90 Å². The standard InChI is InChI=1S/C25H35BN4O5/c1-4-22-18(3)15-30(23(22)32)25(34)27-14-13-19-7-9-20(10-8-19)26(35-16-31)29-24(33)28-21-11-5-17(2)6-12-21/h7-10,16-17,21H,4-6,11-15H2,1-3H3,(H,27,34)(H2,28,29,33). The van der Waals surface area contributed by atoms with Gasteiger partial charge in [0.15, 0.2) is 0 Å². The molecule has 10 heteroatoms. The maximum Gasteiger partial charge on any atom is 0.522 e. The second-order valence-corrected chi connectivity index (χ2v) is 9.41. The molecule has 3 rings (SSSR count). The van der Waals surface area contributed by atoms with E-state index in [1.54, 1.807) is 12.1 Å². The van der Waals surface area contributed by atoms with Gasteiger partial charge in [-0.15, -0.1) is 0 Å². The van der Waals surface area contributed by atoms with Crippen molar-refractivity contribution in [2.45, 2.75) is 65.3 Å². The summed E-state index contributed by atoms with van der Waals surface area (Å²) in [5.41, 5.74) is 3.23. The predicted molar refractivity (Wildman–Crippen MR) is 134 cm³/mol. The van der Waals surface area contributed by atoms with Crippen LogP contribution in [0, 0.1) is 5.92 Å². The van der Waals surface area contributed by atoms with Crippen molar-refractivity contribution < 1.29 is 23.8 Å². The van der Waals surface area contributed by atoms with Crippen LogP contribution < -0.4 is 21.3 Å². The molecule has 0 bridgehead atoms. The average Bonchev–Trinajstić information content (AvgIpc) is 3.13. The Morgan fingerprint density at radius 1 is 1.17 bits per heavy atom. The molecule has 3 N–H and O–H groups in total. The van der Waals surface area contributed by atoms with Crippen LogP contribution in [0.2, 0.25) is 0 Å². The third kappa shape index (κ3) is 7.10. The van der Waals surface area contributed by atoms with Gasteiger partial charge in [0, 0.05) is 18.2 Å². The number of imide groups is 1. The average molecular weight is 482 g/mol. The monoisotopic (exact) mass is 482 g/mol. The summed E-state index contributed by atoms with van der Waals surface area (Å²) in [5, 5.41) is 8.48. The molecule has 9 nitrogen and oxygen atoms in total. The number of benzene rings is 1. The Balaban J connectivity index is 1.47. The lowest BCUT2D eigenvalue weighted by molar-refractivity contribution is -0.123. The second kappa shape index (κ2) is 12.4. The lowest BCUT2D eigenvalue weighted by Crippen LogP contribution is -2.55. The Labute approximate surface area is 207 Å². The quantitative estimate of drug-likeness (QED) is 0.369. The molecule has 1 heterocycles. The van der Waals surface area contributed by atoms with Gasteiger partial charge >= 0.3 is 19.1 Å². The minimum Gasteiger partial charge on any atom is -0.513 e. The molecule has 0 aromatic heterocycles. The van der Waals surface area contributed by atoms with E-state index in [0.717, 1.165) is 36.8 Å². The number of hydrogen-bond donors (Lipinski definition) is 3. The zero-order valence-electron chi connectivity index (χ0n) is 20.8. The first-order chi connectivity index (χ1) is 16.8. The molecule has 0 unspecified atom stereocenters. The summed E-state index contributed by atoms with van der Waals surface area (Å²) in [6.45, 7) is 7.03. The third-order valence-electron chi connectivity index (χ3n) is 6.79. The van der Waals surface area contributed by atoms with Gasteiger partial charge in [-0.25, -0.2) is 4.79 Å². The van der Waals surface area contributed by atoms with Crippen molar-refractivity contribution in [2.75, 3.05) is 13.1 Å². The zero-order valence-corrected chi connectivity index (χ0v) is 20.8. The fraction of sp³-hybridized carbons (Fsp3) is 0.520. The summed E-state index contributed by atoms with van der Waals surface area (Å²) in [5.74, 6) is 0.467. The minimum absolute atomic E-state index is 0.129. The Morgan fingerprint density at radius 2 is 1.86 bits per heavy atom. The van der Waals surface area contributed by atoms with Gasteiger partial charge < -0.3 is 20.5 Å². The van der Waals surface area contributed by atoms with Gasteiger partial charge in [-0.1, -0.05) is 38.1 Å². The summed E-state index contributed by atoms with van der Waals surface area (Å²) in [6, 6.07) is 6.63. The lowest BCUT2D eigenvalue weighted by atomic mass is 9.73. The van der Waals surface area contributed by atoms with E-state index in [0.29, 0.717) is 49.4 Å². The van der Waals surface area contributed by atoms with Gasteiger partial charge in [0.2, 0.25) is 0 Å². The van der Waals surface area contributed by atoms with E-state index in [9.17, 15) is 19.2 Å². The van der Waals surface area contributed by atoms with Crippen LogP contribution in [-0.4, -0.2) is 55.5 Å². The molecule has 1 aromatic carbocycles. The highest BCUT2D eigenvalue weighted by atomic mass is 16.5. The van der Waals surface area contributed by atoms with Crippen LogP contribution in [0.5, 0.6) is 0 Å². The van der Waals surface area contributed by atoms with Gasteiger partial charge in [0.25, 0.3) is 12.4 Å². The number of carbonyl (C=O) groups is 4. The number of hydrogen-bond acceptors (Lipinski definition) is 5. The molecule has 5 amide bonds. The molecule has 188 valence electrons. The zero-order chi connectivity index (χ0) is 25.4. The highest BCUT2D eigenvalue weighted by Crippen LogP contribution is 2.23. The molecule has 1 aliphatic heterocycles. The van der Waals surface area contributed by atoms with E-state index in [1.807, 2.05) is 26.0 Å². The normalized spacial score (nSPS) is 19.9. The highest BCUT2D eigenvalue weighted by Gasteiger charge is 2.31. The second-order valence-electron chi connectivity index (χ2n) is 9.41. The topological polar surface area (TPSA) is 117 Å². The third-order valence-corrected chi connectivity index (χ3v) is 6.79. The van der Waals surface area contributed by atoms with E-state index in [4.69, 9.17) is 4.65 Å². The van der Waals surface area contributed by atoms with Gasteiger partial charge in [0.05, 0.1) is 6.54 Å². The smallest absolute Gasteiger partial charge is 0.513 e. The first-order valence-electron chi connectivity index (χ1n) is 12.4. The number of amides is 5. The molecule has 0 saturated heterocycles. The first kappa shape index (κ1) is 26.3. The molecule has 2 aliphatic rings. The van der Waals surface area contributed by atoms with Crippen molar-refractivity contribution in [2.24, 2.45) is 5.92 Å². The Bertz CT molecular complexity index is 957. The van der Waals surface area contributed by atoms with Crippen LogP contribution in [-0.2, 0) is 20.7 Å². The highest BCUT2D eigenvalue weighted by molar-refractivity contribution is 6.68. The molecule has 1 saturated carbocycles. The largest absolute Gasteiger partial charge is 0.522 e. The maximum atomic E-state index is 12.4. The Hall–Kier alpha value is -3.30. The molecule has 1 fully saturated rings. The van der Waals surface area contributed by atoms with Crippen molar-refractivity contribution in [3.05, 3.63) is 41.0 Å². The molecular weight excluding hydrogens is 447 g/mol. The van der Waals surface area contributed by atoms with E-state index >= 15 is 0 Å². The van der Waals surface area contributed by atoms with E-state index < -0.39 is 13.1 Å². The van der Waals surface area contributed by atoms with Gasteiger partial charge in [-0.3, -0.25) is 19.3 Å². The lowest BCUT2D eigenvalue weighted by Gasteiger charge is -2.27. The predicted octanol–water partition coefficient (Wildman–Crippen LogP) is 2.25. The summed E-state index contributed by atoms with van der Waals surface area (Å²) in [4.78, 5) is 49.4.